The van der Waals surface area contributed by atoms with Gasteiger partial charge in [0, 0.05) is 11.3 Å². The molecule has 0 atom stereocenters. The van der Waals surface area contributed by atoms with Crippen LogP contribution in [0.25, 0.3) is 0 Å². The fourth-order valence-electron chi connectivity index (χ4n) is 2.69. The zero-order chi connectivity index (χ0) is 19.8. The second-order valence-electron chi connectivity index (χ2n) is 5.65. The molecule has 0 aromatic heterocycles. The molecular weight excluding hydrogens is 379 g/mol. The maximum absolute atomic E-state index is 13.2. The molecule has 1 heterocycles. The van der Waals surface area contributed by atoms with Gasteiger partial charge in [0.1, 0.15) is 12.8 Å². The molecule has 0 unspecified atom stereocenters. The molecule has 0 radical (unpaired) electrons. The van der Waals surface area contributed by atoms with Gasteiger partial charge in [0.05, 0.1) is 22.9 Å². The number of nitrogens with zero attached hydrogens (tertiary/aromatic N) is 3. The van der Waals surface area contributed by atoms with Gasteiger partial charge in [0.15, 0.2) is 5.11 Å². The van der Waals surface area contributed by atoms with E-state index in [1.165, 1.54) is 17.0 Å². The van der Waals surface area contributed by atoms with Crippen LogP contribution in [0.4, 0.5) is 24.5 Å². The average Bonchev–Trinajstić information content (AvgIpc) is 2.95. The summed E-state index contributed by atoms with van der Waals surface area (Å²) in [5.41, 5.74) is -0.763. The van der Waals surface area contributed by atoms with E-state index in [1.54, 1.807) is 24.3 Å². The number of rotatable bonds is 3. The zero-order valence-corrected chi connectivity index (χ0v) is 14.3. The highest BCUT2D eigenvalue weighted by Gasteiger charge is 2.38. The van der Waals surface area contributed by atoms with E-state index in [0.717, 1.165) is 17.0 Å². The Balaban J connectivity index is 1.98. The van der Waals surface area contributed by atoms with Crippen molar-refractivity contribution < 1.29 is 22.8 Å². The van der Waals surface area contributed by atoms with E-state index in [0.29, 0.717) is 17.5 Å². The molecule has 3 rings (SSSR count). The molecule has 1 amide bonds. The molecule has 0 bridgehead atoms. The van der Waals surface area contributed by atoms with Gasteiger partial charge in [-0.15, -0.1) is 0 Å². The van der Waals surface area contributed by atoms with Crippen LogP contribution in [-0.4, -0.2) is 23.9 Å². The van der Waals surface area contributed by atoms with E-state index in [9.17, 15) is 22.8 Å². The molecule has 9 heteroatoms. The smallest absolute Gasteiger partial charge is 0.309 e. The number of hydrogen-bond donors (Lipinski definition) is 0. The van der Waals surface area contributed by atoms with Crippen molar-refractivity contribution in [3.8, 4) is 6.07 Å². The predicted octanol–water partition coefficient (Wildman–Crippen LogP) is 3.53. The lowest BCUT2D eigenvalue weighted by Crippen LogP contribution is -2.33. The summed E-state index contributed by atoms with van der Waals surface area (Å²) in [6.45, 7) is -0.152. The number of anilines is 2. The Bertz CT molecular complexity index is 981. The van der Waals surface area contributed by atoms with Gasteiger partial charge in [-0.3, -0.25) is 14.5 Å². The number of alkyl halides is 3. The van der Waals surface area contributed by atoms with Crippen LogP contribution in [-0.2, 0) is 11.0 Å². The Morgan fingerprint density at radius 1 is 1.11 bits per heavy atom. The van der Waals surface area contributed by atoms with Crippen molar-refractivity contribution in [1.82, 2.24) is 0 Å². The first kappa shape index (κ1) is 18.5. The molecule has 136 valence electrons. The lowest BCUT2D eigenvalue weighted by molar-refractivity contribution is -0.137. The van der Waals surface area contributed by atoms with Crippen LogP contribution < -0.4 is 9.80 Å². The first-order valence-corrected chi connectivity index (χ1v) is 7.98. The Hall–Kier alpha value is -3.25. The van der Waals surface area contributed by atoms with Gasteiger partial charge in [-0.1, -0.05) is 0 Å². The Morgan fingerprint density at radius 2 is 1.74 bits per heavy atom. The summed E-state index contributed by atoms with van der Waals surface area (Å²) in [6.07, 6.45) is -4.07. The Kier molecular flexibility index (Phi) is 4.68. The van der Waals surface area contributed by atoms with Crippen LogP contribution in [0.3, 0.4) is 0 Å². The third kappa shape index (κ3) is 3.39. The quantitative estimate of drug-likeness (QED) is 0.594. The lowest BCUT2D eigenvalue weighted by Gasteiger charge is -2.21. The van der Waals surface area contributed by atoms with Gasteiger partial charge in [-0.25, -0.2) is 0 Å². The van der Waals surface area contributed by atoms with Gasteiger partial charge in [-0.2, -0.15) is 18.4 Å². The van der Waals surface area contributed by atoms with Crippen molar-refractivity contribution >= 4 is 40.9 Å². The normalized spacial score (nSPS) is 14.4. The highest BCUT2D eigenvalue weighted by molar-refractivity contribution is 7.81. The molecule has 0 spiro atoms. The predicted molar refractivity (Wildman–Crippen MR) is 95.4 cm³/mol. The second-order valence-corrected chi connectivity index (χ2v) is 6.01. The number of aldehydes is 1. The van der Waals surface area contributed by atoms with Gasteiger partial charge in [-0.05, 0) is 54.7 Å². The molecule has 5 nitrogen and oxygen atoms in total. The van der Waals surface area contributed by atoms with Crippen molar-refractivity contribution in [3.05, 3.63) is 59.2 Å². The first-order chi connectivity index (χ1) is 12.8. The van der Waals surface area contributed by atoms with Crippen LogP contribution in [0, 0.1) is 11.3 Å². The molecule has 0 N–H and O–H groups in total. The summed E-state index contributed by atoms with van der Waals surface area (Å²) in [5.74, 6) is -0.503. The molecule has 1 fully saturated rings. The number of carbonyl (C=O) groups is 2. The maximum Gasteiger partial charge on any atom is 0.417 e. The average molecular weight is 389 g/mol. The fourth-order valence-corrected chi connectivity index (χ4v) is 3.07. The summed E-state index contributed by atoms with van der Waals surface area (Å²) in [6, 6.07) is 10.8. The van der Waals surface area contributed by atoms with E-state index >= 15 is 0 Å². The summed E-state index contributed by atoms with van der Waals surface area (Å²) >= 11 is 5.28. The van der Waals surface area contributed by atoms with Gasteiger partial charge < -0.3 is 4.90 Å². The van der Waals surface area contributed by atoms with E-state index < -0.39 is 23.2 Å². The van der Waals surface area contributed by atoms with Crippen molar-refractivity contribution in [2.75, 3.05) is 16.3 Å². The van der Waals surface area contributed by atoms with Gasteiger partial charge >= 0.3 is 6.18 Å². The first-order valence-electron chi connectivity index (χ1n) is 7.57. The molecule has 2 aromatic rings. The Labute approximate surface area is 157 Å². The summed E-state index contributed by atoms with van der Waals surface area (Å²) in [5, 5.41) is 8.90. The highest BCUT2D eigenvalue weighted by atomic mass is 32.1. The van der Waals surface area contributed by atoms with Crippen LogP contribution in [0.15, 0.2) is 42.5 Å². The SMILES string of the molecule is N#Cc1ccc(N2C(=O)CN(c3ccc(C=O)cc3)C2=S)cc1C(F)(F)F. The number of amides is 1. The maximum atomic E-state index is 13.2. The van der Waals surface area contributed by atoms with Crippen LogP contribution >= 0.6 is 12.2 Å². The number of carbonyl (C=O) groups excluding carboxylic acids is 2. The van der Waals surface area contributed by atoms with E-state index in [-0.39, 0.29) is 17.3 Å². The largest absolute Gasteiger partial charge is 0.417 e. The van der Waals surface area contributed by atoms with E-state index in [2.05, 4.69) is 0 Å². The monoisotopic (exact) mass is 389 g/mol. The van der Waals surface area contributed by atoms with Crippen LogP contribution in [0.1, 0.15) is 21.5 Å². The third-order valence-electron chi connectivity index (χ3n) is 3.99. The summed E-state index contributed by atoms with van der Waals surface area (Å²) in [7, 11) is 0. The number of hydrogen-bond acceptors (Lipinski definition) is 4. The van der Waals surface area contributed by atoms with Crippen molar-refractivity contribution in [2.24, 2.45) is 0 Å². The summed E-state index contributed by atoms with van der Waals surface area (Å²) in [4.78, 5) is 25.6. The van der Waals surface area contributed by atoms with Gasteiger partial charge in [0.25, 0.3) is 5.91 Å². The lowest BCUT2D eigenvalue weighted by atomic mass is 10.1. The number of thiocarbonyl (C=S) groups is 1. The molecular formula is C18H10F3N3O2S. The van der Waals surface area contributed by atoms with Crippen molar-refractivity contribution in [2.45, 2.75) is 6.18 Å². The van der Waals surface area contributed by atoms with E-state index in [4.69, 9.17) is 17.5 Å². The number of nitriles is 1. The zero-order valence-electron chi connectivity index (χ0n) is 13.5. The minimum absolute atomic E-state index is 0.0108. The van der Waals surface area contributed by atoms with Crippen molar-refractivity contribution in [3.63, 3.8) is 0 Å². The standard InChI is InChI=1S/C18H10F3N3O2S/c19-18(20,21)15-7-14(6-3-12(15)8-22)24-16(26)9-23(17(24)27)13-4-1-11(10-25)2-5-13/h1-7,10H,9H2. The topological polar surface area (TPSA) is 64.4 Å². The third-order valence-corrected chi connectivity index (χ3v) is 4.40. The molecule has 27 heavy (non-hydrogen) atoms. The second kappa shape index (κ2) is 6.81. The molecule has 1 saturated heterocycles. The molecule has 1 aliphatic heterocycles. The Morgan fingerprint density at radius 3 is 2.30 bits per heavy atom. The van der Waals surface area contributed by atoms with E-state index in [1.807, 2.05) is 0 Å². The number of halogens is 3. The molecule has 2 aromatic carbocycles. The molecule has 1 aliphatic rings. The number of benzene rings is 2. The summed E-state index contributed by atoms with van der Waals surface area (Å²) < 4.78 is 39.6. The fraction of sp³-hybridized carbons (Fsp3) is 0.111. The highest BCUT2D eigenvalue weighted by Crippen LogP contribution is 2.35. The minimum Gasteiger partial charge on any atom is -0.309 e. The molecule has 0 saturated carbocycles. The van der Waals surface area contributed by atoms with Crippen LogP contribution in [0.2, 0.25) is 0 Å². The van der Waals surface area contributed by atoms with Crippen LogP contribution in [0.5, 0.6) is 0 Å². The minimum atomic E-state index is -4.74. The molecule has 0 aliphatic carbocycles. The van der Waals surface area contributed by atoms with Crippen molar-refractivity contribution in [1.29, 1.82) is 5.26 Å². The van der Waals surface area contributed by atoms with Gasteiger partial charge in [0.2, 0.25) is 0 Å².